The van der Waals surface area contributed by atoms with Crippen molar-refractivity contribution >= 4 is 11.7 Å². The predicted molar refractivity (Wildman–Crippen MR) is 121 cm³/mol. The van der Waals surface area contributed by atoms with Crippen LogP contribution in [-0.2, 0) is 4.79 Å². The molecular weight excluding hydrogens is 409 g/mol. The number of benzene rings is 2. The van der Waals surface area contributed by atoms with Gasteiger partial charge in [0.1, 0.15) is 23.4 Å². The fraction of sp³-hybridized carbons (Fsp3) is 0.160. The van der Waals surface area contributed by atoms with E-state index in [1.165, 1.54) is 6.08 Å². The van der Waals surface area contributed by atoms with Crippen molar-refractivity contribution in [3.63, 3.8) is 0 Å². The molecule has 7 heteroatoms. The van der Waals surface area contributed by atoms with Crippen LogP contribution in [0.1, 0.15) is 12.8 Å². The van der Waals surface area contributed by atoms with Crippen LogP contribution in [0.25, 0.3) is 22.5 Å². The van der Waals surface area contributed by atoms with Crippen LogP contribution >= 0.6 is 0 Å². The molecule has 0 bridgehead atoms. The van der Waals surface area contributed by atoms with Crippen LogP contribution < -0.4 is 10.1 Å². The molecular formula is C25H22FN3O3. The SMILES string of the molecule is COc1ccc(-c2cnc(NC(=O)CC3=CCC(F)C=C3)c(-c3ccc(O)cc3)n2)cc1. The van der Waals surface area contributed by atoms with Crippen LogP contribution in [0.4, 0.5) is 10.2 Å². The summed E-state index contributed by atoms with van der Waals surface area (Å²) < 4.78 is 18.5. The molecule has 3 aromatic rings. The average Bonchev–Trinajstić information content (AvgIpc) is 2.81. The molecule has 1 atom stereocenters. The Morgan fingerprint density at radius 1 is 1.16 bits per heavy atom. The van der Waals surface area contributed by atoms with E-state index in [-0.39, 0.29) is 24.5 Å². The highest BCUT2D eigenvalue weighted by Crippen LogP contribution is 2.30. The normalized spacial score (nSPS) is 15.2. The Kier molecular flexibility index (Phi) is 6.26. The number of hydrogen-bond donors (Lipinski definition) is 2. The number of halogens is 1. The monoisotopic (exact) mass is 431 g/mol. The Hall–Kier alpha value is -4.00. The van der Waals surface area contributed by atoms with E-state index < -0.39 is 6.17 Å². The topological polar surface area (TPSA) is 84.3 Å². The maximum absolute atomic E-state index is 13.3. The number of hydrogen-bond acceptors (Lipinski definition) is 5. The van der Waals surface area contributed by atoms with Gasteiger partial charge in [-0.3, -0.25) is 4.79 Å². The number of allylic oxidation sites excluding steroid dienone is 3. The molecule has 0 fully saturated rings. The summed E-state index contributed by atoms with van der Waals surface area (Å²) in [6.07, 6.45) is 5.78. The van der Waals surface area contributed by atoms with Gasteiger partial charge in [0.05, 0.1) is 25.4 Å². The fourth-order valence-electron chi connectivity index (χ4n) is 3.33. The molecule has 0 saturated carbocycles. The molecule has 1 aliphatic rings. The van der Waals surface area contributed by atoms with Gasteiger partial charge < -0.3 is 15.2 Å². The minimum atomic E-state index is -1.00. The van der Waals surface area contributed by atoms with E-state index in [2.05, 4.69) is 10.3 Å². The minimum absolute atomic E-state index is 0.111. The summed E-state index contributed by atoms with van der Waals surface area (Å²) in [6.45, 7) is 0. The van der Waals surface area contributed by atoms with Crippen LogP contribution in [0.15, 0.2) is 78.5 Å². The van der Waals surface area contributed by atoms with E-state index in [1.54, 1.807) is 49.7 Å². The first-order chi connectivity index (χ1) is 15.5. The Labute approximate surface area is 185 Å². The number of anilines is 1. The highest BCUT2D eigenvalue weighted by atomic mass is 19.1. The van der Waals surface area contributed by atoms with Gasteiger partial charge in [-0.05, 0) is 54.1 Å². The van der Waals surface area contributed by atoms with Gasteiger partial charge in [-0.1, -0.05) is 18.2 Å². The number of carbonyl (C=O) groups is 1. The molecule has 6 nitrogen and oxygen atoms in total. The van der Waals surface area contributed by atoms with Crippen LogP contribution in [-0.4, -0.2) is 34.3 Å². The molecule has 0 aliphatic heterocycles. The van der Waals surface area contributed by atoms with E-state index in [0.29, 0.717) is 22.8 Å². The van der Waals surface area contributed by atoms with Crippen LogP contribution in [0.5, 0.6) is 11.5 Å². The number of alkyl halides is 1. The molecule has 1 aliphatic carbocycles. The summed E-state index contributed by atoms with van der Waals surface area (Å²) in [7, 11) is 1.60. The van der Waals surface area contributed by atoms with Crippen molar-refractivity contribution in [2.75, 3.05) is 12.4 Å². The Bertz CT molecular complexity index is 1170. The minimum Gasteiger partial charge on any atom is -0.508 e. The number of amides is 1. The third-order valence-corrected chi connectivity index (χ3v) is 5.05. The zero-order valence-corrected chi connectivity index (χ0v) is 17.5. The largest absolute Gasteiger partial charge is 0.508 e. The quantitative estimate of drug-likeness (QED) is 0.569. The number of carbonyl (C=O) groups excluding carboxylic acids is 1. The lowest BCUT2D eigenvalue weighted by molar-refractivity contribution is -0.115. The van der Waals surface area contributed by atoms with E-state index in [1.807, 2.05) is 24.3 Å². The van der Waals surface area contributed by atoms with Crippen LogP contribution in [0, 0.1) is 0 Å². The van der Waals surface area contributed by atoms with E-state index in [4.69, 9.17) is 9.72 Å². The van der Waals surface area contributed by atoms with Crippen molar-refractivity contribution in [1.82, 2.24) is 9.97 Å². The molecule has 0 saturated heterocycles. The lowest BCUT2D eigenvalue weighted by Gasteiger charge is -2.13. The zero-order valence-electron chi connectivity index (χ0n) is 17.5. The molecule has 2 aromatic carbocycles. The molecule has 162 valence electrons. The number of phenols is 1. The van der Waals surface area contributed by atoms with Gasteiger partial charge >= 0.3 is 0 Å². The number of rotatable bonds is 6. The number of aromatic hydroxyl groups is 1. The summed E-state index contributed by atoms with van der Waals surface area (Å²) in [5.74, 6) is 0.890. The van der Waals surface area contributed by atoms with Gasteiger partial charge in [-0.15, -0.1) is 0 Å². The number of ether oxygens (including phenoxy) is 1. The van der Waals surface area contributed by atoms with E-state index in [9.17, 15) is 14.3 Å². The summed E-state index contributed by atoms with van der Waals surface area (Å²) >= 11 is 0. The lowest BCUT2D eigenvalue weighted by Crippen LogP contribution is -2.15. The Morgan fingerprint density at radius 3 is 2.53 bits per heavy atom. The van der Waals surface area contributed by atoms with Crippen molar-refractivity contribution in [3.05, 3.63) is 78.5 Å². The first kappa shape index (κ1) is 21.2. The third-order valence-electron chi connectivity index (χ3n) is 5.05. The molecule has 1 unspecified atom stereocenters. The van der Waals surface area contributed by atoms with Gasteiger partial charge in [0.15, 0.2) is 5.82 Å². The summed E-state index contributed by atoms with van der Waals surface area (Å²) in [4.78, 5) is 21.8. The molecule has 1 heterocycles. The maximum Gasteiger partial charge on any atom is 0.229 e. The molecule has 1 aromatic heterocycles. The van der Waals surface area contributed by atoms with E-state index in [0.717, 1.165) is 16.9 Å². The molecule has 0 spiro atoms. The first-order valence-electron chi connectivity index (χ1n) is 10.1. The number of phenolic OH excluding ortho intramolecular Hbond substituents is 1. The molecule has 4 rings (SSSR count). The van der Waals surface area contributed by atoms with Crippen molar-refractivity contribution in [1.29, 1.82) is 0 Å². The summed E-state index contributed by atoms with van der Waals surface area (Å²) in [6, 6.07) is 13.9. The molecule has 1 amide bonds. The molecule has 2 N–H and O–H groups in total. The standard InChI is InChI=1S/C25H22FN3O3/c1-32-21-12-6-17(7-13-21)22-15-27-25(24(28-22)18-4-10-20(30)11-5-18)29-23(31)14-16-2-8-19(26)9-3-16/h2-8,10-13,15,19,30H,9,14H2,1H3,(H,27,29,31). The Balaban J connectivity index is 1.64. The molecule has 32 heavy (non-hydrogen) atoms. The average molecular weight is 431 g/mol. The van der Waals surface area contributed by atoms with Crippen molar-refractivity contribution < 1.29 is 19.0 Å². The second-order valence-corrected chi connectivity index (χ2v) is 7.34. The zero-order chi connectivity index (χ0) is 22.5. The van der Waals surface area contributed by atoms with Crippen LogP contribution in [0.2, 0.25) is 0 Å². The Morgan fingerprint density at radius 2 is 1.88 bits per heavy atom. The summed E-state index contributed by atoms with van der Waals surface area (Å²) in [5, 5.41) is 12.5. The highest BCUT2D eigenvalue weighted by molar-refractivity contribution is 5.95. The number of nitrogens with one attached hydrogen (secondary N) is 1. The van der Waals surface area contributed by atoms with Crippen LogP contribution in [0.3, 0.4) is 0 Å². The molecule has 0 radical (unpaired) electrons. The lowest BCUT2D eigenvalue weighted by atomic mass is 10.0. The van der Waals surface area contributed by atoms with Gasteiger partial charge in [0.2, 0.25) is 5.91 Å². The number of aromatic nitrogens is 2. The van der Waals surface area contributed by atoms with Gasteiger partial charge in [0.25, 0.3) is 0 Å². The number of nitrogens with zero attached hydrogens (tertiary/aromatic N) is 2. The third kappa shape index (κ3) is 5.00. The van der Waals surface area contributed by atoms with Gasteiger partial charge in [-0.25, -0.2) is 14.4 Å². The fourth-order valence-corrected chi connectivity index (χ4v) is 3.33. The summed E-state index contributed by atoms with van der Waals surface area (Å²) in [5.41, 5.74) is 3.39. The van der Waals surface area contributed by atoms with Gasteiger partial charge in [0, 0.05) is 17.5 Å². The smallest absolute Gasteiger partial charge is 0.229 e. The van der Waals surface area contributed by atoms with E-state index >= 15 is 0 Å². The predicted octanol–water partition coefficient (Wildman–Crippen LogP) is 5.08. The van der Waals surface area contributed by atoms with Crippen molar-refractivity contribution in [2.24, 2.45) is 0 Å². The maximum atomic E-state index is 13.3. The highest BCUT2D eigenvalue weighted by Gasteiger charge is 2.16. The van der Waals surface area contributed by atoms with Crippen molar-refractivity contribution in [2.45, 2.75) is 19.0 Å². The van der Waals surface area contributed by atoms with Gasteiger partial charge in [-0.2, -0.15) is 0 Å². The number of methoxy groups -OCH3 is 1. The second-order valence-electron chi connectivity index (χ2n) is 7.34. The first-order valence-corrected chi connectivity index (χ1v) is 10.1. The second kappa shape index (κ2) is 9.43. The van der Waals surface area contributed by atoms with Crippen molar-refractivity contribution in [3.8, 4) is 34.0 Å².